The fraction of sp³-hybridized carbons (Fsp3) is 0.304. The van der Waals surface area contributed by atoms with E-state index in [1.807, 2.05) is 59.3 Å². The topological polar surface area (TPSA) is 59.4 Å². The van der Waals surface area contributed by atoms with Crippen molar-refractivity contribution in [2.75, 3.05) is 25.5 Å². The number of benzene rings is 2. The highest BCUT2D eigenvalue weighted by Crippen LogP contribution is 2.21. The molecule has 4 rings (SSSR count). The number of ether oxygens (including phenoxy) is 1. The Bertz CT molecular complexity index is 913. The van der Waals surface area contributed by atoms with Crippen LogP contribution in [0.25, 0.3) is 0 Å². The number of carbonyl (C=O) groups is 1. The highest BCUT2D eigenvalue weighted by Gasteiger charge is 2.18. The molecular weight excluding hydrogens is 364 g/mol. The second-order valence-electron chi connectivity index (χ2n) is 7.53. The van der Waals surface area contributed by atoms with E-state index in [0.717, 1.165) is 49.5 Å². The first-order valence-corrected chi connectivity index (χ1v) is 9.97. The second kappa shape index (κ2) is 8.92. The number of amides is 1. The molecule has 1 N–H and O–H groups in total. The Morgan fingerprint density at radius 2 is 1.83 bits per heavy atom. The van der Waals surface area contributed by atoms with Crippen LogP contribution in [-0.2, 0) is 6.54 Å². The molecule has 2 heterocycles. The van der Waals surface area contributed by atoms with Crippen molar-refractivity contribution in [3.8, 4) is 5.75 Å². The molecule has 0 radical (unpaired) electrons. The second-order valence-corrected chi connectivity index (χ2v) is 7.53. The Hall–Kier alpha value is -3.12. The predicted octanol–water partition coefficient (Wildman–Crippen LogP) is 3.66. The number of piperidine rings is 1. The standard InChI is InChI=1S/C23H26N4O2/c1-26-13-10-22(11-14-26)29-21-8-6-20(7-9-21)25-23(28)19-4-2-18(3-5-19)16-27-15-12-24-17-27/h2-9,12,15,17,22H,10-11,13-14,16H2,1H3,(H,25,28). The van der Waals surface area contributed by atoms with Crippen LogP contribution in [0.1, 0.15) is 28.8 Å². The number of rotatable bonds is 6. The van der Waals surface area contributed by atoms with E-state index < -0.39 is 0 Å². The molecule has 1 fully saturated rings. The number of nitrogens with one attached hydrogen (secondary N) is 1. The zero-order valence-corrected chi connectivity index (χ0v) is 16.6. The fourth-order valence-electron chi connectivity index (χ4n) is 3.47. The third kappa shape index (κ3) is 5.23. The number of anilines is 1. The third-order valence-corrected chi connectivity index (χ3v) is 5.22. The molecule has 1 aliphatic rings. The Morgan fingerprint density at radius 1 is 1.10 bits per heavy atom. The van der Waals surface area contributed by atoms with Crippen LogP contribution < -0.4 is 10.1 Å². The molecule has 1 aromatic heterocycles. The summed E-state index contributed by atoms with van der Waals surface area (Å²) in [5.74, 6) is 0.726. The maximum atomic E-state index is 12.5. The van der Waals surface area contributed by atoms with Crippen LogP contribution in [0.2, 0.25) is 0 Å². The van der Waals surface area contributed by atoms with Gasteiger partial charge in [-0.3, -0.25) is 4.79 Å². The smallest absolute Gasteiger partial charge is 0.255 e. The van der Waals surface area contributed by atoms with Crippen molar-refractivity contribution in [3.05, 3.63) is 78.4 Å². The van der Waals surface area contributed by atoms with Crippen molar-refractivity contribution >= 4 is 11.6 Å². The van der Waals surface area contributed by atoms with Crippen molar-refractivity contribution < 1.29 is 9.53 Å². The minimum atomic E-state index is -0.122. The minimum Gasteiger partial charge on any atom is -0.490 e. The average Bonchev–Trinajstić information content (AvgIpc) is 3.25. The van der Waals surface area contributed by atoms with Gasteiger partial charge < -0.3 is 19.5 Å². The first-order valence-electron chi connectivity index (χ1n) is 9.97. The maximum Gasteiger partial charge on any atom is 0.255 e. The van der Waals surface area contributed by atoms with Crippen LogP contribution in [0.3, 0.4) is 0 Å². The molecule has 3 aromatic rings. The van der Waals surface area contributed by atoms with Crippen molar-refractivity contribution in [2.45, 2.75) is 25.5 Å². The van der Waals surface area contributed by atoms with Gasteiger partial charge in [-0.1, -0.05) is 12.1 Å². The minimum absolute atomic E-state index is 0.122. The largest absolute Gasteiger partial charge is 0.490 e. The van der Waals surface area contributed by atoms with Gasteiger partial charge >= 0.3 is 0 Å². The van der Waals surface area contributed by atoms with Gasteiger partial charge in [0, 0.05) is 43.3 Å². The lowest BCUT2D eigenvalue weighted by Gasteiger charge is -2.29. The van der Waals surface area contributed by atoms with Crippen molar-refractivity contribution in [2.24, 2.45) is 0 Å². The monoisotopic (exact) mass is 390 g/mol. The quantitative estimate of drug-likeness (QED) is 0.698. The molecular formula is C23H26N4O2. The SMILES string of the molecule is CN1CCC(Oc2ccc(NC(=O)c3ccc(Cn4ccnc4)cc3)cc2)CC1. The van der Waals surface area contributed by atoms with Gasteiger partial charge in [0.15, 0.2) is 0 Å². The van der Waals surface area contributed by atoms with E-state index in [2.05, 4.69) is 22.2 Å². The molecule has 0 saturated carbocycles. The van der Waals surface area contributed by atoms with E-state index >= 15 is 0 Å². The van der Waals surface area contributed by atoms with Gasteiger partial charge in [-0.2, -0.15) is 0 Å². The van der Waals surface area contributed by atoms with Crippen LogP contribution in [0.5, 0.6) is 5.75 Å². The van der Waals surface area contributed by atoms with E-state index in [1.54, 1.807) is 12.5 Å². The van der Waals surface area contributed by atoms with Gasteiger partial charge in [0.05, 0.1) is 6.33 Å². The molecule has 1 saturated heterocycles. The Balaban J connectivity index is 1.31. The van der Waals surface area contributed by atoms with Gasteiger partial charge in [-0.15, -0.1) is 0 Å². The molecule has 1 aliphatic heterocycles. The summed E-state index contributed by atoms with van der Waals surface area (Å²) in [6, 6.07) is 15.2. The summed E-state index contributed by atoms with van der Waals surface area (Å²) in [4.78, 5) is 18.9. The Kier molecular flexibility index (Phi) is 5.91. The number of aromatic nitrogens is 2. The number of hydrogen-bond donors (Lipinski definition) is 1. The summed E-state index contributed by atoms with van der Waals surface area (Å²) in [5.41, 5.74) is 2.51. The van der Waals surface area contributed by atoms with Gasteiger partial charge in [0.2, 0.25) is 0 Å². The normalized spacial score (nSPS) is 15.2. The number of hydrogen-bond acceptors (Lipinski definition) is 4. The van der Waals surface area contributed by atoms with Crippen LogP contribution >= 0.6 is 0 Å². The maximum absolute atomic E-state index is 12.5. The Labute approximate surface area is 171 Å². The van der Waals surface area contributed by atoms with E-state index in [9.17, 15) is 4.79 Å². The molecule has 150 valence electrons. The van der Waals surface area contributed by atoms with Crippen LogP contribution in [-0.4, -0.2) is 46.6 Å². The van der Waals surface area contributed by atoms with Gasteiger partial charge in [0.1, 0.15) is 11.9 Å². The van der Waals surface area contributed by atoms with Crippen LogP contribution in [0, 0.1) is 0 Å². The molecule has 6 nitrogen and oxygen atoms in total. The van der Waals surface area contributed by atoms with Crippen LogP contribution in [0.15, 0.2) is 67.3 Å². The first kappa shape index (κ1) is 19.2. The van der Waals surface area contributed by atoms with E-state index in [4.69, 9.17) is 4.74 Å². The summed E-state index contributed by atoms with van der Waals surface area (Å²) < 4.78 is 8.05. The summed E-state index contributed by atoms with van der Waals surface area (Å²) in [6.45, 7) is 2.88. The first-order chi connectivity index (χ1) is 14.2. The lowest BCUT2D eigenvalue weighted by Crippen LogP contribution is -2.35. The zero-order valence-electron chi connectivity index (χ0n) is 16.6. The highest BCUT2D eigenvalue weighted by atomic mass is 16.5. The predicted molar refractivity (Wildman–Crippen MR) is 113 cm³/mol. The molecule has 0 atom stereocenters. The van der Waals surface area contributed by atoms with Gasteiger partial charge in [0.25, 0.3) is 5.91 Å². The van der Waals surface area contributed by atoms with E-state index in [0.29, 0.717) is 5.56 Å². The summed E-state index contributed by atoms with van der Waals surface area (Å²) in [5, 5.41) is 2.94. The number of nitrogens with zero attached hydrogens (tertiary/aromatic N) is 3. The number of likely N-dealkylation sites (tertiary alicyclic amines) is 1. The lowest BCUT2D eigenvalue weighted by atomic mass is 10.1. The van der Waals surface area contributed by atoms with Crippen molar-refractivity contribution in [3.63, 3.8) is 0 Å². The number of carbonyl (C=O) groups excluding carboxylic acids is 1. The molecule has 1 amide bonds. The number of imidazole rings is 1. The third-order valence-electron chi connectivity index (χ3n) is 5.22. The fourth-order valence-corrected chi connectivity index (χ4v) is 3.47. The average molecular weight is 390 g/mol. The van der Waals surface area contributed by atoms with Gasteiger partial charge in [-0.05, 0) is 61.9 Å². The molecule has 0 aliphatic carbocycles. The summed E-state index contributed by atoms with van der Waals surface area (Å²) in [6.07, 6.45) is 7.82. The molecule has 2 aromatic carbocycles. The summed E-state index contributed by atoms with van der Waals surface area (Å²) in [7, 11) is 2.14. The van der Waals surface area contributed by atoms with E-state index in [1.165, 1.54) is 0 Å². The molecule has 0 unspecified atom stereocenters. The summed E-state index contributed by atoms with van der Waals surface area (Å²) >= 11 is 0. The molecule has 6 heteroatoms. The van der Waals surface area contributed by atoms with Crippen molar-refractivity contribution in [1.82, 2.24) is 14.5 Å². The van der Waals surface area contributed by atoms with Crippen LogP contribution in [0.4, 0.5) is 5.69 Å². The van der Waals surface area contributed by atoms with Gasteiger partial charge in [-0.25, -0.2) is 4.98 Å². The molecule has 29 heavy (non-hydrogen) atoms. The highest BCUT2D eigenvalue weighted by molar-refractivity contribution is 6.04. The lowest BCUT2D eigenvalue weighted by molar-refractivity contribution is 0.102. The molecule has 0 bridgehead atoms. The zero-order chi connectivity index (χ0) is 20.1. The van der Waals surface area contributed by atoms with E-state index in [-0.39, 0.29) is 12.0 Å². The Morgan fingerprint density at radius 3 is 2.48 bits per heavy atom. The van der Waals surface area contributed by atoms with Crippen molar-refractivity contribution in [1.29, 1.82) is 0 Å². The molecule has 0 spiro atoms.